The van der Waals surface area contributed by atoms with Gasteiger partial charge in [0, 0.05) is 13.1 Å². The van der Waals surface area contributed by atoms with Crippen LogP contribution in [0, 0.1) is 12.3 Å². The summed E-state index contributed by atoms with van der Waals surface area (Å²) < 4.78 is 5.99. The second-order valence-corrected chi connectivity index (χ2v) is 7.20. The van der Waals surface area contributed by atoms with Crippen molar-refractivity contribution in [3.05, 3.63) is 65.2 Å². The van der Waals surface area contributed by atoms with Crippen molar-refractivity contribution in [2.45, 2.75) is 26.9 Å². The molecule has 1 heterocycles. The van der Waals surface area contributed by atoms with Gasteiger partial charge in [-0.1, -0.05) is 43.3 Å². The molecule has 4 heteroatoms. The highest BCUT2D eigenvalue weighted by molar-refractivity contribution is 5.97. The third-order valence-electron chi connectivity index (χ3n) is 5.10. The lowest BCUT2D eigenvalue weighted by Crippen LogP contribution is -2.34. The number of benzene rings is 2. The van der Waals surface area contributed by atoms with Crippen molar-refractivity contribution in [1.82, 2.24) is 4.90 Å². The zero-order valence-corrected chi connectivity index (χ0v) is 15.0. The average molecular weight is 338 g/mol. The van der Waals surface area contributed by atoms with Crippen molar-refractivity contribution in [3.8, 4) is 5.75 Å². The number of likely N-dealkylation sites (tertiary alicyclic amines) is 1. The molecule has 1 aliphatic heterocycles. The zero-order chi connectivity index (χ0) is 17.9. The minimum absolute atomic E-state index is 0.0204. The molecular formula is C21H26N2O2. The molecule has 2 aromatic rings. The van der Waals surface area contributed by atoms with Gasteiger partial charge < -0.3 is 15.4 Å². The summed E-state index contributed by atoms with van der Waals surface area (Å²) in [7, 11) is 0. The molecule has 1 unspecified atom stereocenters. The van der Waals surface area contributed by atoms with Crippen molar-refractivity contribution in [1.29, 1.82) is 0 Å². The number of ether oxygens (including phenoxy) is 1. The van der Waals surface area contributed by atoms with E-state index < -0.39 is 0 Å². The van der Waals surface area contributed by atoms with Gasteiger partial charge in [-0.05, 0) is 48.6 Å². The molecule has 0 radical (unpaired) electrons. The van der Waals surface area contributed by atoms with E-state index in [0.717, 1.165) is 18.5 Å². The normalized spacial score (nSPS) is 19.9. The average Bonchev–Trinajstić information content (AvgIpc) is 3.04. The van der Waals surface area contributed by atoms with Crippen LogP contribution < -0.4 is 10.5 Å². The Labute approximate surface area is 149 Å². The number of amides is 1. The SMILES string of the molecule is Cc1ccccc1COc1ccccc1C(=O)N1CCC(C)(CN)C1. The smallest absolute Gasteiger partial charge is 0.257 e. The molecule has 0 aliphatic carbocycles. The number of hydrogen-bond acceptors (Lipinski definition) is 3. The summed E-state index contributed by atoms with van der Waals surface area (Å²) in [6, 6.07) is 15.6. The van der Waals surface area contributed by atoms with E-state index >= 15 is 0 Å². The maximum absolute atomic E-state index is 13.0. The van der Waals surface area contributed by atoms with Gasteiger partial charge in [-0.3, -0.25) is 4.79 Å². The molecule has 0 bridgehead atoms. The molecule has 0 aromatic heterocycles. The van der Waals surface area contributed by atoms with Crippen LogP contribution in [-0.4, -0.2) is 30.4 Å². The topological polar surface area (TPSA) is 55.6 Å². The number of aryl methyl sites for hydroxylation is 1. The lowest BCUT2D eigenvalue weighted by molar-refractivity contribution is 0.0772. The number of carbonyl (C=O) groups is 1. The van der Waals surface area contributed by atoms with Gasteiger partial charge >= 0.3 is 0 Å². The van der Waals surface area contributed by atoms with Gasteiger partial charge in [-0.15, -0.1) is 0 Å². The van der Waals surface area contributed by atoms with E-state index in [4.69, 9.17) is 10.5 Å². The molecule has 2 N–H and O–H groups in total. The monoisotopic (exact) mass is 338 g/mol. The van der Waals surface area contributed by atoms with E-state index in [2.05, 4.69) is 19.9 Å². The van der Waals surface area contributed by atoms with Crippen LogP contribution in [0.3, 0.4) is 0 Å². The Morgan fingerprint density at radius 3 is 2.64 bits per heavy atom. The maximum atomic E-state index is 13.0. The molecule has 0 spiro atoms. The second-order valence-electron chi connectivity index (χ2n) is 7.20. The molecule has 0 saturated carbocycles. The van der Waals surface area contributed by atoms with Gasteiger partial charge in [0.05, 0.1) is 5.56 Å². The number of para-hydroxylation sites is 1. The predicted molar refractivity (Wildman–Crippen MR) is 99.6 cm³/mol. The summed E-state index contributed by atoms with van der Waals surface area (Å²) in [4.78, 5) is 14.8. The minimum Gasteiger partial charge on any atom is -0.488 e. The van der Waals surface area contributed by atoms with Gasteiger partial charge in [0.15, 0.2) is 0 Å². The first-order valence-electron chi connectivity index (χ1n) is 8.78. The van der Waals surface area contributed by atoms with Crippen LogP contribution in [0.5, 0.6) is 5.75 Å². The lowest BCUT2D eigenvalue weighted by atomic mass is 9.90. The third kappa shape index (κ3) is 3.85. The largest absolute Gasteiger partial charge is 0.488 e. The van der Waals surface area contributed by atoms with E-state index in [1.807, 2.05) is 47.4 Å². The fraction of sp³-hybridized carbons (Fsp3) is 0.381. The molecule has 2 aromatic carbocycles. The predicted octanol–water partition coefficient (Wildman–Crippen LogP) is 3.38. The molecule has 1 aliphatic rings. The van der Waals surface area contributed by atoms with E-state index in [1.165, 1.54) is 5.56 Å². The summed E-state index contributed by atoms with van der Waals surface area (Å²) in [5.74, 6) is 0.662. The molecular weight excluding hydrogens is 312 g/mol. The number of hydrogen-bond donors (Lipinski definition) is 1. The van der Waals surface area contributed by atoms with Gasteiger partial charge in [0.1, 0.15) is 12.4 Å². The van der Waals surface area contributed by atoms with Crippen LogP contribution >= 0.6 is 0 Å². The number of nitrogens with two attached hydrogens (primary N) is 1. The van der Waals surface area contributed by atoms with Crippen LogP contribution in [-0.2, 0) is 6.61 Å². The summed E-state index contributed by atoms with van der Waals surface area (Å²) in [6.07, 6.45) is 0.946. The van der Waals surface area contributed by atoms with Gasteiger partial charge in [0.2, 0.25) is 0 Å². The summed E-state index contributed by atoms with van der Waals surface area (Å²) in [5, 5.41) is 0. The molecule has 1 saturated heterocycles. The van der Waals surface area contributed by atoms with Gasteiger partial charge in [0.25, 0.3) is 5.91 Å². The first-order chi connectivity index (χ1) is 12.0. The summed E-state index contributed by atoms with van der Waals surface area (Å²) in [6.45, 7) is 6.71. The van der Waals surface area contributed by atoms with Crippen molar-refractivity contribution in [2.75, 3.05) is 19.6 Å². The Kier molecular flexibility index (Phi) is 5.09. The van der Waals surface area contributed by atoms with E-state index in [1.54, 1.807) is 0 Å². The quantitative estimate of drug-likeness (QED) is 0.909. The van der Waals surface area contributed by atoms with E-state index in [-0.39, 0.29) is 11.3 Å². The number of nitrogens with zero attached hydrogens (tertiary/aromatic N) is 1. The first kappa shape index (κ1) is 17.5. The second kappa shape index (κ2) is 7.28. The lowest BCUT2D eigenvalue weighted by Gasteiger charge is -2.23. The van der Waals surface area contributed by atoms with Crippen LogP contribution in [0.15, 0.2) is 48.5 Å². The third-order valence-corrected chi connectivity index (χ3v) is 5.10. The highest BCUT2D eigenvalue weighted by Gasteiger charge is 2.35. The van der Waals surface area contributed by atoms with Crippen LogP contribution in [0.25, 0.3) is 0 Å². The molecule has 25 heavy (non-hydrogen) atoms. The fourth-order valence-corrected chi connectivity index (χ4v) is 3.23. The van der Waals surface area contributed by atoms with Gasteiger partial charge in [-0.2, -0.15) is 0 Å². The molecule has 3 rings (SSSR count). The number of rotatable bonds is 5. The highest BCUT2D eigenvalue weighted by atomic mass is 16.5. The van der Waals surface area contributed by atoms with Crippen molar-refractivity contribution < 1.29 is 9.53 Å². The van der Waals surface area contributed by atoms with E-state index in [9.17, 15) is 4.79 Å². The summed E-state index contributed by atoms with van der Waals surface area (Å²) >= 11 is 0. The van der Waals surface area contributed by atoms with Crippen LogP contribution in [0.4, 0.5) is 0 Å². The fourth-order valence-electron chi connectivity index (χ4n) is 3.23. The van der Waals surface area contributed by atoms with Gasteiger partial charge in [-0.25, -0.2) is 0 Å². The van der Waals surface area contributed by atoms with Crippen molar-refractivity contribution >= 4 is 5.91 Å². The molecule has 1 fully saturated rings. The van der Waals surface area contributed by atoms with Crippen molar-refractivity contribution in [3.63, 3.8) is 0 Å². The standard InChI is InChI=1S/C21H26N2O2/c1-16-7-3-4-8-17(16)13-25-19-10-6-5-9-18(19)20(24)23-12-11-21(2,14-22)15-23/h3-10H,11-15,22H2,1-2H3. The Morgan fingerprint density at radius 2 is 1.92 bits per heavy atom. The minimum atomic E-state index is 0.0204. The van der Waals surface area contributed by atoms with Crippen molar-refractivity contribution in [2.24, 2.45) is 11.1 Å². The zero-order valence-electron chi connectivity index (χ0n) is 15.0. The first-order valence-corrected chi connectivity index (χ1v) is 8.78. The van der Waals surface area contributed by atoms with E-state index in [0.29, 0.717) is 31.0 Å². The maximum Gasteiger partial charge on any atom is 0.257 e. The Morgan fingerprint density at radius 1 is 1.20 bits per heavy atom. The molecule has 1 amide bonds. The highest BCUT2D eigenvalue weighted by Crippen LogP contribution is 2.31. The Hall–Kier alpha value is -2.33. The molecule has 132 valence electrons. The molecule has 1 atom stereocenters. The Bertz CT molecular complexity index is 759. The number of carbonyl (C=O) groups excluding carboxylic acids is 1. The summed E-state index contributed by atoms with van der Waals surface area (Å²) in [5.41, 5.74) is 8.82. The van der Waals surface area contributed by atoms with Crippen LogP contribution in [0.2, 0.25) is 0 Å². The molecule has 4 nitrogen and oxygen atoms in total. The Balaban J connectivity index is 1.75. The van der Waals surface area contributed by atoms with Crippen LogP contribution in [0.1, 0.15) is 34.8 Å².